The van der Waals surface area contributed by atoms with Crippen LogP contribution in [0.2, 0.25) is 0 Å². The van der Waals surface area contributed by atoms with Crippen molar-refractivity contribution in [2.75, 3.05) is 26.7 Å². The molecule has 1 unspecified atom stereocenters. The topological polar surface area (TPSA) is 37.6 Å². The summed E-state index contributed by atoms with van der Waals surface area (Å²) in [6, 6.07) is 2.73. The average molecular weight is 294 g/mol. The Balaban J connectivity index is 1.65. The van der Waals surface area contributed by atoms with Gasteiger partial charge in [0.2, 0.25) is 0 Å². The van der Waals surface area contributed by atoms with Gasteiger partial charge >= 0.3 is 0 Å². The van der Waals surface area contributed by atoms with E-state index < -0.39 is 0 Å². The van der Waals surface area contributed by atoms with Crippen molar-refractivity contribution in [3.05, 3.63) is 23.7 Å². The third kappa shape index (κ3) is 5.46. The van der Waals surface area contributed by atoms with Gasteiger partial charge in [0.05, 0.1) is 19.4 Å². The molecule has 1 aromatic heterocycles. The molecule has 1 aliphatic rings. The van der Waals surface area contributed by atoms with Crippen molar-refractivity contribution in [1.82, 2.24) is 10.2 Å². The minimum Gasteiger partial charge on any atom is -0.468 e. The van der Waals surface area contributed by atoms with Crippen molar-refractivity contribution in [2.45, 2.75) is 52.3 Å². The SMILES string of the molecule is CC(C)CNCc1occc1COCCC1CCCN1C. The standard InChI is InChI=1S/C17H30N2O2/c1-14(2)11-18-12-17-15(6-10-21-17)13-20-9-7-16-5-4-8-19(16)3/h6,10,14,16,18H,4-5,7-9,11-13H2,1-3H3. The van der Waals surface area contributed by atoms with Gasteiger partial charge in [0.25, 0.3) is 0 Å². The summed E-state index contributed by atoms with van der Waals surface area (Å²) in [5.41, 5.74) is 1.17. The van der Waals surface area contributed by atoms with E-state index in [-0.39, 0.29) is 0 Å². The molecule has 1 N–H and O–H groups in total. The molecule has 2 rings (SSSR count). The van der Waals surface area contributed by atoms with Crippen LogP contribution in [-0.2, 0) is 17.9 Å². The Labute approximate surface area is 128 Å². The molecule has 0 bridgehead atoms. The van der Waals surface area contributed by atoms with Gasteiger partial charge < -0.3 is 19.4 Å². The zero-order valence-corrected chi connectivity index (χ0v) is 13.7. The van der Waals surface area contributed by atoms with E-state index in [0.29, 0.717) is 18.6 Å². The van der Waals surface area contributed by atoms with E-state index in [1.54, 1.807) is 6.26 Å². The number of nitrogens with one attached hydrogen (secondary N) is 1. The van der Waals surface area contributed by atoms with Gasteiger partial charge in [0.15, 0.2) is 0 Å². The summed E-state index contributed by atoms with van der Waals surface area (Å²) in [5, 5.41) is 3.41. The highest BCUT2D eigenvalue weighted by Gasteiger charge is 2.20. The van der Waals surface area contributed by atoms with E-state index in [9.17, 15) is 0 Å². The third-order valence-electron chi connectivity index (χ3n) is 4.20. The van der Waals surface area contributed by atoms with Crippen molar-refractivity contribution in [1.29, 1.82) is 0 Å². The fraction of sp³-hybridized carbons (Fsp3) is 0.765. The van der Waals surface area contributed by atoms with Crippen LogP contribution < -0.4 is 5.32 Å². The summed E-state index contributed by atoms with van der Waals surface area (Å²) in [7, 11) is 2.21. The van der Waals surface area contributed by atoms with E-state index >= 15 is 0 Å². The first-order valence-electron chi connectivity index (χ1n) is 8.20. The minimum atomic E-state index is 0.656. The van der Waals surface area contributed by atoms with Gasteiger partial charge in [-0.1, -0.05) is 13.8 Å². The largest absolute Gasteiger partial charge is 0.468 e. The van der Waals surface area contributed by atoms with E-state index in [0.717, 1.165) is 31.9 Å². The first-order chi connectivity index (χ1) is 10.2. The van der Waals surface area contributed by atoms with Gasteiger partial charge in [-0.25, -0.2) is 0 Å². The second-order valence-electron chi connectivity index (χ2n) is 6.51. The predicted octanol–water partition coefficient (Wildman–Crippen LogP) is 3.03. The number of hydrogen-bond donors (Lipinski definition) is 1. The number of rotatable bonds is 9. The highest BCUT2D eigenvalue weighted by Crippen LogP contribution is 2.18. The number of nitrogens with zero attached hydrogens (tertiary/aromatic N) is 1. The Kier molecular flexibility index (Phi) is 6.74. The van der Waals surface area contributed by atoms with Crippen LogP contribution in [0.25, 0.3) is 0 Å². The molecule has 0 spiro atoms. The molecule has 1 fully saturated rings. The number of furan rings is 1. The summed E-state index contributed by atoms with van der Waals surface area (Å²) in [6.45, 7) is 8.94. The van der Waals surface area contributed by atoms with Gasteiger partial charge in [-0.05, 0) is 51.4 Å². The fourth-order valence-electron chi connectivity index (χ4n) is 2.87. The van der Waals surface area contributed by atoms with Crippen LogP contribution in [0.15, 0.2) is 16.7 Å². The molecule has 0 radical (unpaired) electrons. The molecule has 1 saturated heterocycles. The molecule has 0 amide bonds. The van der Waals surface area contributed by atoms with E-state index in [1.807, 2.05) is 6.07 Å². The maximum absolute atomic E-state index is 5.84. The summed E-state index contributed by atoms with van der Waals surface area (Å²) >= 11 is 0. The molecule has 120 valence electrons. The van der Waals surface area contributed by atoms with Crippen LogP contribution >= 0.6 is 0 Å². The minimum absolute atomic E-state index is 0.656. The summed E-state index contributed by atoms with van der Waals surface area (Å²) in [6.07, 6.45) is 5.54. The summed E-state index contributed by atoms with van der Waals surface area (Å²) in [4.78, 5) is 2.45. The molecule has 2 heterocycles. The predicted molar refractivity (Wildman–Crippen MR) is 85.2 cm³/mol. The van der Waals surface area contributed by atoms with Crippen molar-refractivity contribution in [3.63, 3.8) is 0 Å². The molecular formula is C17H30N2O2. The summed E-state index contributed by atoms with van der Waals surface area (Å²) in [5.74, 6) is 1.66. The Morgan fingerprint density at radius 3 is 3.05 bits per heavy atom. The second-order valence-corrected chi connectivity index (χ2v) is 6.51. The molecule has 21 heavy (non-hydrogen) atoms. The van der Waals surface area contributed by atoms with Crippen molar-refractivity contribution < 1.29 is 9.15 Å². The van der Waals surface area contributed by atoms with Crippen molar-refractivity contribution in [3.8, 4) is 0 Å². The smallest absolute Gasteiger partial charge is 0.123 e. The second kappa shape index (κ2) is 8.57. The zero-order chi connectivity index (χ0) is 15.1. The first-order valence-corrected chi connectivity index (χ1v) is 8.20. The van der Waals surface area contributed by atoms with Gasteiger partial charge in [-0.15, -0.1) is 0 Å². The van der Waals surface area contributed by atoms with Crippen LogP contribution in [0, 0.1) is 5.92 Å². The average Bonchev–Trinajstić information content (AvgIpc) is 3.04. The van der Waals surface area contributed by atoms with Crippen LogP contribution in [0.5, 0.6) is 0 Å². The molecule has 0 aromatic carbocycles. The summed E-state index contributed by atoms with van der Waals surface area (Å²) < 4.78 is 11.4. The highest BCUT2D eigenvalue weighted by molar-refractivity contribution is 5.15. The highest BCUT2D eigenvalue weighted by atomic mass is 16.5. The molecule has 1 atom stereocenters. The zero-order valence-electron chi connectivity index (χ0n) is 13.7. The Morgan fingerprint density at radius 2 is 2.33 bits per heavy atom. The van der Waals surface area contributed by atoms with Gasteiger partial charge in [-0.2, -0.15) is 0 Å². The maximum Gasteiger partial charge on any atom is 0.123 e. The monoisotopic (exact) mass is 294 g/mol. The molecule has 0 saturated carbocycles. The van der Waals surface area contributed by atoms with E-state index in [2.05, 4.69) is 31.1 Å². The normalized spacial score (nSPS) is 19.7. The van der Waals surface area contributed by atoms with Gasteiger partial charge in [0, 0.05) is 18.2 Å². The lowest BCUT2D eigenvalue weighted by molar-refractivity contribution is 0.100. The number of hydrogen-bond acceptors (Lipinski definition) is 4. The molecule has 4 nitrogen and oxygen atoms in total. The molecule has 1 aromatic rings. The maximum atomic E-state index is 5.84. The van der Waals surface area contributed by atoms with Crippen LogP contribution in [0.3, 0.4) is 0 Å². The third-order valence-corrected chi connectivity index (χ3v) is 4.20. The van der Waals surface area contributed by atoms with Crippen LogP contribution in [0.1, 0.15) is 44.4 Å². The van der Waals surface area contributed by atoms with Crippen LogP contribution in [-0.4, -0.2) is 37.7 Å². The quantitative estimate of drug-likeness (QED) is 0.710. The Bertz CT molecular complexity index is 403. The van der Waals surface area contributed by atoms with Gasteiger partial charge in [-0.3, -0.25) is 0 Å². The lowest BCUT2D eigenvalue weighted by atomic mass is 10.1. The molecule has 0 aliphatic carbocycles. The Hall–Kier alpha value is -0.840. The van der Waals surface area contributed by atoms with Crippen molar-refractivity contribution in [2.24, 2.45) is 5.92 Å². The Morgan fingerprint density at radius 1 is 1.48 bits per heavy atom. The number of ether oxygens (including phenoxy) is 1. The van der Waals surface area contributed by atoms with E-state index in [1.165, 1.54) is 24.9 Å². The van der Waals surface area contributed by atoms with Crippen LogP contribution in [0.4, 0.5) is 0 Å². The number of likely N-dealkylation sites (tertiary alicyclic amines) is 1. The molecular weight excluding hydrogens is 264 g/mol. The van der Waals surface area contributed by atoms with Gasteiger partial charge in [0.1, 0.15) is 5.76 Å². The lowest BCUT2D eigenvalue weighted by Crippen LogP contribution is -2.26. The first kappa shape index (κ1) is 16.5. The van der Waals surface area contributed by atoms with Crippen molar-refractivity contribution >= 4 is 0 Å². The fourth-order valence-corrected chi connectivity index (χ4v) is 2.87. The molecule has 1 aliphatic heterocycles. The van der Waals surface area contributed by atoms with E-state index in [4.69, 9.17) is 9.15 Å². The molecule has 4 heteroatoms. The lowest BCUT2D eigenvalue weighted by Gasteiger charge is -2.18.